The molecule has 0 saturated heterocycles. The van der Waals surface area contributed by atoms with Crippen LogP contribution in [0.5, 0.6) is 0 Å². The molecule has 2 aromatic rings. The average Bonchev–Trinajstić information content (AvgIpc) is 2.66. The number of aromatic nitrogens is 2. The Labute approximate surface area is 155 Å². The van der Waals surface area contributed by atoms with Gasteiger partial charge < -0.3 is 20.4 Å². The maximum Gasteiger partial charge on any atom is 0.323 e. The van der Waals surface area contributed by atoms with Gasteiger partial charge in [0.25, 0.3) is 0 Å². The van der Waals surface area contributed by atoms with Crippen LogP contribution in [0.1, 0.15) is 27.7 Å². The van der Waals surface area contributed by atoms with Crippen LogP contribution in [-0.4, -0.2) is 42.2 Å². The molecule has 0 bridgehead atoms. The normalized spacial score (nSPS) is 10.3. The molecular weight excluding hydrogens is 328 g/mol. The third kappa shape index (κ3) is 5.08. The molecule has 7 nitrogen and oxygen atoms in total. The van der Waals surface area contributed by atoms with E-state index in [0.29, 0.717) is 11.4 Å². The summed E-state index contributed by atoms with van der Waals surface area (Å²) in [5, 5.41) is 5.57. The summed E-state index contributed by atoms with van der Waals surface area (Å²) in [4.78, 5) is 25.2. The second kappa shape index (κ2) is 9.60. The summed E-state index contributed by atoms with van der Waals surface area (Å²) >= 11 is 0. The molecule has 0 radical (unpaired) electrons. The van der Waals surface area contributed by atoms with E-state index < -0.39 is 0 Å². The average molecular weight is 356 g/mol. The lowest BCUT2D eigenvalue weighted by Gasteiger charge is -2.20. The summed E-state index contributed by atoms with van der Waals surface area (Å²) in [6, 6.07) is 7.19. The van der Waals surface area contributed by atoms with E-state index in [1.54, 1.807) is 12.4 Å². The molecule has 0 atom stereocenters. The summed E-state index contributed by atoms with van der Waals surface area (Å²) in [6.07, 6.45) is 3.32. The highest BCUT2D eigenvalue weighted by Gasteiger charge is 2.07. The number of rotatable bonds is 8. The highest BCUT2D eigenvalue weighted by atomic mass is 16.2. The van der Waals surface area contributed by atoms with Crippen molar-refractivity contribution in [2.75, 3.05) is 46.6 Å². The number of amides is 2. The van der Waals surface area contributed by atoms with Gasteiger partial charge in [-0.3, -0.25) is 0 Å². The number of carbonyl (C=O) groups is 1. The molecule has 0 aromatic carbocycles. The summed E-state index contributed by atoms with van der Waals surface area (Å²) in [5.41, 5.74) is 1.29. The van der Waals surface area contributed by atoms with Gasteiger partial charge in [0.05, 0.1) is 23.8 Å². The maximum atomic E-state index is 12.1. The Morgan fingerprint density at radius 1 is 0.769 bits per heavy atom. The van der Waals surface area contributed by atoms with Crippen molar-refractivity contribution in [3.05, 3.63) is 36.7 Å². The van der Waals surface area contributed by atoms with E-state index in [1.807, 2.05) is 24.3 Å². The zero-order chi connectivity index (χ0) is 18.9. The third-order valence-corrected chi connectivity index (χ3v) is 4.19. The van der Waals surface area contributed by atoms with E-state index in [1.165, 1.54) is 0 Å². The standard InChI is InChI=1S/C19H28N6O/c1-5-24(6-2)17-11-9-15(13-20-17)22-19(26)23-16-10-12-18(21-14-16)25(7-3)8-4/h9-14H,5-8H2,1-4H3,(H2,22,23,26). The van der Waals surface area contributed by atoms with Crippen molar-refractivity contribution in [3.8, 4) is 0 Å². The smallest absolute Gasteiger partial charge is 0.323 e. The molecule has 2 rings (SSSR count). The van der Waals surface area contributed by atoms with Crippen molar-refractivity contribution < 1.29 is 4.79 Å². The number of urea groups is 1. The molecule has 140 valence electrons. The Kier molecular flexibility index (Phi) is 7.20. The van der Waals surface area contributed by atoms with Crippen LogP contribution in [0.15, 0.2) is 36.7 Å². The van der Waals surface area contributed by atoms with Crippen LogP contribution in [0, 0.1) is 0 Å². The Balaban J connectivity index is 1.94. The largest absolute Gasteiger partial charge is 0.357 e. The topological polar surface area (TPSA) is 73.4 Å². The Morgan fingerprint density at radius 3 is 1.42 bits per heavy atom. The fourth-order valence-corrected chi connectivity index (χ4v) is 2.68. The zero-order valence-electron chi connectivity index (χ0n) is 16.0. The lowest BCUT2D eigenvalue weighted by molar-refractivity contribution is 0.262. The van der Waals surface area contributed by atoms with Crippen LogP contribution in [0.3, 0.4) is 0 Å². The van der Waals surface area contributed by atoms with Crippen molar-refractivity contribution in [1.82, 2.24) is 9.97 Å². The predicted molar refractivity (Wildman–Crippen MR) is 108 cm³/mol. The van der Waals surface area contributed by atoms with Gasteiger partial charge in [0.2, 0.25) is 0 Å². The molecule has 0 aliphatic heterocycles. The fourth-order valence-electron chi connectivity index (χ4n) is 2.68. The third-order valence-electron chi connectivity index (χ3n) is 4.19. The molecule has 7 heteroatoms. The van der Waals surface area contributed by atoms with Crippen LogP contribution in [0.4, 0.5) is 27.8 Å². The predicted octanol–water partition coefficient (Wildman–Crippen LogP) is 3.81. The number of pyridine rings is 2. The molecule has 0 fully saturated rings. The summed E-state index contributed by atoms with van der Waals surface area (Å²) in [7, 11) is 0. The molecule has 2 N–H and O–H groups in total. The van der Waals surface area contributed by atoms with Crippen molar-refractivity contribution in [2.45, 2.75) is 27.7 Å². The number of hydrogen-bond donors (Lipinski definition) is 2. The monoisotopic (exact) mass is 356 g/mol. The molecule has 2 aromatic heterocycles. The van der Waals surface area contributed by atoms with E-state index in [-0.39, 0.29) is 6.03 Å². The number of nitrogens with one attached hydrogen (secondary N) is 2. The molecular formula is C19H28N6O. The van der Waals surface area contributed by atoms with Crippen molar-refractivity contribution in [3.63, 3.8) is 0 Å². The molecule has 2 amide bonds. The minimum absolute atomic E-state index is 0.320. The van der Waals surface area contributed by atoms with Crippen molar-refractivity contribution >= 4 is 29.0 Å². The summed E-state index contributed by atoms with van der Waals surface area (Å²) < 4.78 is 0. The molecule has 0 saturated carbocycles. The first-order valence-electron chi connectivity index (χ1n) is 9.11. The zero-order valence-corrected chi connectivity index (χ0v) is 16.0. The molecule has 0 aliphatic rings. The van der Waals surface area contributed by atoms with Gasteiger partial charge in [-0.15, -0.1) is 0 Å². The molecule has 0 aliphatic carbocycles. The van der Waals surface area contributed by atoms with Crippen LogP contribution in [-0.2, 0) is 0 Å². The minimum Gasteiger partial charge on any atom is -0.357 e. The maximum absolute atomic E-state index is 12.1. The second-order valence-corrected chi connectivity index (χ2v) is 5.73. The minimum atomic E-state index is -0.320. The van der Waals surface area contributed by atoms with Gasteiger partial charge >= 0.3 is 6.03 Å². The Hall–Kier alpha value is -2.83. The highest BCUT2D eigenvalue weighted by Crippen LogP contribution is 2.16. The lowest BCUT2D eigenvalue weighted by Crippen LogP contribution is -2.24. The van der Waals surface area contributed by atoms with Crippen LogP contribution in [0.2, 0.25) is 0 Å². The van der Waals surface area contributed by atoms with E-state index >= 15 is 0 Å². The highest BCUT2D eigenvalue weighted by molar-refractivity contribution is 5.99. The van der Waals surface area contributed by atoms with Gasteiger partial charge in [0.15, 0.2) is 0 Å². The van der Waals surface area contributed by atoms with Crippen LogP contribution >= 0.6 is 0 Å². The number of carbonyl (C=O) groups excluding carboxylic acids is 1. The lowest BCUT2D eigenvalue weighted by atomic mass is 10.3. The molecule has 2 heterocycles. The van der Waals surface area contributed by atoms with Crippen LogP contribution in [0.25, 0.3) is 0 Å². The first kappa shape index (κ1) is 19.5. The Bertz CT molecular complexity index is 619. The summed E-state index contributed by atoms with van der Waals surface area (Å²) in [5.74, 6) is 1.80. The van der Waals surface area contributed by atoms with E-state index in [0.717, 1.165) is 37.8 Å². The molecule has 0 spiro atoms. The van der Waals surface area contributed by atoms with Crippen LogP contribution < -0.4 is 20.4 Å². The fraction of sp³-hybridized carbons (Fsp3) is 0.421. The van der Waals surface area contributed by atoms with E-state index in [9.17, 15) is 4.79 Å². The first-order chi connectivity index (χ1) is 12.6. The quantitative estimate of drug-likeness (QED) is 0.752. The number of anilines is 4. The number of nitrogens with zero attached hydrogens (tertiary/aromatic N) is 4. The first-order valence-corrected chi connectivity index (χ1v) is 9.11. The van der Waals surface area contributed by atoms with Gasteiger partial charge in [0, 0.05) is 26.2 Å². The second-order valence-electron chi connectivity index (χ2n) is 5.73. The van der Waals surface area contributed by atoms with Gasteiger partial charge in [0.1, 0.15) is 11.6 Å². The SMILES string of the molecule is CCN(CC)c1ccc(NC(=O)Nc2ccc(N(CC)CC)nc2)cn1. The molecule has 0 unspecified atom stereocenters. The molecule has 26 heavy (non-hydrogen) atoms. The van der Waals surface area contributed by atoms with E-state index in [4.69, 9.17) is 0 Å². The number of hydrogen-bond acceptors (Lipinski definition) is 5. The Morgan fingerprint density at radius 2 is 1.15 bits per heavy atom. The van der Waals surface area contributed by atoms with E-state index in [2.05, 4.69) is 58.1 Å². The summed E-state index contributed by atoms with van der Waals surface area (Å²) in [6.45, 7) is 11.9. The van der Waals surface area contributed by atoms with Gasteiger partial charge in [-0.05, 0) is 52.0 Å². The van der Waals surface area contributed by atoms with Gasteiger partial charge in [-0.1, -0.05) is 0 Å². The van der Waals surface area contributed by atoms with Crippen molar-refractivity contribution in [2.24, 2.45) is 0 Å². The van der Waals surface area contributed by atoms with Crippen molar-refractivity contribution in [1.29, 1.82) is 0 Å². The van der Waals surface area contributed by atoms with Gasteiger partial charge in [-0.25, -0.2) is 14.8 Å². The van der Waals surface area contributed by atoms with Gasteiger partial charge in [-0.2, -0.15) is 0 Å².